The quantitative estimate of drug-likeness (QED) is 0.642. The van der Waals surface area contributed by atoms with E-state index < -0.39 is 0 Å². The summed E-state index contributed by atoms with van der Waals surface area (Å²) in [5.41, 5.74) is 5.55. The molecule has 2 nitrogen and oxygen atoms in total. The van der Waals surface area contributed by atoms with Crippen LogP contribution in [0, 0.1) is 12.7 Å². The maximum Gasteiger partial charge on any atom is 0.123 e. The standard InChI is InChI=1S/C16H17Cl2FN2/c1-10-5-6-12(19)7-11(10)8-13(21-20)9-14-15(17)3-2-4-16(14)18/h2-7,13,21H,8-9,20H2,1H3. The van der Waals surface area contributed by atoms with Crippen molar-refractivity contribution in [2.24, 2.45) is 5.84 Å². The largest absolute Gasteiger partial charge is 0.271 e. The molecule has 5 heteroatoms. The Morgan fingerprint density at radius 3 is 2.43 bits per heavy atom. The van der Waals surface area contributed by atoms with Crippen molar-refractivity contribution in [3.63, 3.8) is 0 Å². The van der Waals surface area contributed by atoms with E-state index in [9.17, 15) is 4.39 Å². The van der Waals surface area contributed by atoms with Crippen molar-refractivity contribution in [2.75, 3.05) is 0 Å². The number of hydrogen-bond acceptors (Lipinski definition) is 2. The number of aryl methyl sites for hydroxylation is 1. The first-order valence-corrected chi connectivity index (χ1v) is 7.41. The zero-order valence-corrected chi connectivity index (χ0v) is 13.2. The third-order valence-electron chi connectivity index (χ3n) is 3.53. The number of rotatable bonds is 5. The molecule has 2 aromatic carbocycles. The Kier molecular flexibility index (Phi) is 5.59. The number of nitrogens with one attached hydrogen (secondary N) is 1. The summed E-state index contributed by atoms with van der Waals surface area (Å²) in [4.78, 5) is 0. The van der Waals surface area contributed by atoms with Crippen LogP contribution in [0.4, 0.5) is 4.39 Å². The second kappa shape index (κ2) is 7.23. The summed E-state index contributed by atoms with van der Waals surface area (Å²) in [6.07, 6.45) is 1.17. The molecular weight excluding hydrogens is 310 g/mol. The molecule has 0 aliphatic carbocycles. The predicted molar refractivity (Wildman–Crippen MR) is 86.1 cm³/mol. The molecule has 1 unspecified atom stereocenters. The molecule has 0 amide bonds. The maximum absolute atomic E-state index is 13.4. The SMILES string of the molecule is Cc1ccc(F)cc1CC(Cc1c(Cl)cccc1Cl)NN. The highest BCUT2D eigenvalue weighted by atomic mass is 35.5. The molecule has 3 N–H and O–H groups in total. The van der Waals surface area contributed by atoms with Crippen molar-refractivity contribution >= 4 is 23.2 Å². The van der Waals surface area contributed by atoms with Crippen LogP contribution in [0.25, 0.3) is 0 Å². The molecule has 0 spiro atoms. The summed E-state index contributed by atoms with van der Waals surface area (Å²) < 4.78 is 13.4. The molecule has 0 fully saturated rings. The van der Waals surface area contributed by atoms with E-state index >= 15 is 0 Å². The fourth-order valence-corrected chi connectivity index (χ4v) is 2.84. The minimum absolute atomic E-state index is 0.0806. The van der Waals surface area contributed by atoms with Gasteiger partial charge in [-0.05, 0) is 60.7 Å². The van der Waals surface area contributed by atoms with Crippen LogP contribution in [0.3, 0.4) is 0 Å². The van der Waals surface area contributed by atoms with Crippen molar-refractivity contribution in [2.45, 2.75) is 25.8 Å². The van der Waals surface area contributed by atoms with Crippen LogP contribution < -0.4 is 11.3 Å². The van der Waals surface area contributed by atoms with Gasteiger partial charge in [0.25, 0.3) is 0 Å². The summed E-state index contributed by atoms with van der Waals surface area (Å²) in [5, 5.41) is 1.22. The van der Waals surface area contributed by atoms with Gasteiger partial charge in [-0.25, -0.2) is 4.39 Å². The van der Waals surface area contributed by atoms with Gasteiger partial charge in [0.2, 0.25) is 0 Å². The molecule has 0 saturated carbocycles. The Hall–Kier alpha value is -1.13. The Morgan fingerprint density at radius 2 is 1.81 bits per heavy atom. The number of hydrogen-bond donors (Lipinski definition) is 2. The van der Waals surface area contributed by atoms with E-state index in [2.05, 4.69) is 5.43 Å². The summed E-state index contributed by atoms with van der Waals surface area (Å²) in [5.74, 6) is 5.38. The van der Waals surface area contributed by atoms with E-state index in [-0.39, 0.29) is 11.9 Å². The predicted octanol–water partition coefficient (Wildman–Crippen LogP) is 4.06. The average molecular weight is 327 g/mol. The van der Waals surface area contributed by atoms with E-state index in [0.29, 0.717) is 22.9 Å². The van der Waals surface area contributed by atoms with E-state index in [1.807, 2.05) is 6.92 Å². The van der Waals surface area contributed by atoms with Crippen LogP contribution in [0.15, 0.2) is 36.4 Å². The van der Waals surface area contributed by atoms with Gasteiger partial charge in [0.1, 0.15) is 5.82 Å². The fraction of sp³-hybridized carbons (Fsp3) is 0.250. The molecular formula is C16H17Cl2FN2. The summed E-state index contributed by atoms with van der Waals surface area (Å²) >= 11 is 12.4. The van der Waals surface area contributed by atoms with Crippen molar-refractivity contribution < 1.29 is 4.39 Å². The van der Waals surface area contributed by atoms with Crippen LogP contribution >= 0.6 is 23.2 Å². The monoisotopic (exact) mass is 326 g/mol. The molecule has 1 atom stereocenters. The van der Waals surface area contributed by atoms with E-state index in [4.69, 9.17) is 29.0 Å². The van der Waals surface area contributed by atoms with Gasteiger partial charge in [-0.15, -0.1) is 0 Å². The molecule has 2 aromatic rings. The summed E-state index contributed by atoms with van der Waals surface area (Å²) in [6.45, 7) is 1.95. The molecule has 21 heavy (non-hydrogen) atoms. The molecule has 2 rings (SSSR count). The van der Waals surface area contributed by atoms with Crippen molar-refractivity contribution in [1.29, 1.82) is 0 Å². The number of hydrazine groups is 1. The first-order chi connectivity index (χ1) is 10.0. The zero-order chi connectivity index (χ0) is 15.4. The van der Waals surface area contributed by atoms with Gasteiger partial charge < -0.3 is 0 Å². The van der Waals surface area contributed by atoms with Gasteiger partial charge in [-0.1, -0.05) is 35.3 Å². The summed E-state index contributed by atoms with van der Waals surface area (Å²) in [7, 11) is 0. The van der Waals surface area contributed by atoms with E-state index in [1.54, 1.807) is 24.3 Å². The smallest absolute Gasteiger partial charge is 0.123 e. The van der Waals surface area contributed by atoms with Gasteiger partial charge in [-0.3, -0.25) is 11.3 Å². The first kappa shape index (κ1) is 16.2. The lowest BCUT2D eigenvalue weighted by Crippen LogP contribution is -2.38. The van der Waals surface area contributed by atoms with Gasteiger partial charge in [0.15, 0.2) is 0 Å². The fourth-order valence-electron chi connectivity index (χ4n) is 2.29. The van der Waals surface area contributed by atoms with Crippen molar-refractivity contribution in [1.82, 2.24) is 5.43 Å². The number of benzene rings is 2. The van der Waals surface area contributed by atoms with Crippen LogP contribution in [0.2, 0.25) is 10.0 Å². The molecule has 0 aliphatic heterocycles. The minimum Gasteiger partial charge on any atom is -0.271 e. The second-order valence-electron chi connectivity index (χ2n) is 5.04. The third-order valence-corrected chi connectivity index (χ3v) is 4.23. The highest BCUT2D eigenvalue weighted by molar-refractivity contribution is 6.36. The van der Waals surface area contributed by atoms with Gasteiger partial charge in [0.05, 0.1) is 0 Å². The molecule has 0 saturated heterocycles. The number of halogens is 3. The normalized spacial score (nSPS) is 12.4. The molecule has 0 radical (unpaired) electrons. The molecule has 0 heterocycles. The lowest BCUT2D eigenvalue weighted by atomic mass is 9.96. The van der Waals surface area contributed by atoms with E-state index in [0.717, 1.165) is 16.7 Å². The minimum atomic E-state index is -0.248. The Balaban J connectivity index is 2.19. The van der Waals surface area contributed by atoms with Crippen LogP contribution in [0.1, 0.15) is 16.7 Å². The van der Waals surface area contributed by atoms with Gasteiger partial charge >= 0.3 is 0 Å². The zero-order valence-electron chi connectivity index (χ0n) is 11.7. The Bertz CT molecular complexity index is 611. The van der Waals surface area contributed by atoms with Crippen molar-refractivity contribution in [3.8, 4) is 0 Å². The van der Waals surface area contributed by atoms with Crippen LogP contribution in [-0.2, 0) is 12.8 Å². The Morgan fingerprint density at radius 1 is 1.14 bits per heavy atom. The highest BCUT2D eigenvalue weighted by Gasteiger charge is 2.15. The lowest BCUT2D eigenvalue weighted by molar-refractivity contribution is 0.519. The highest BCUT2D eigenvalue weighted by Crippen LogP contribution is 2.26. The molecule has 112 valence electrons. The molecule has 0 bridgehead atoms. The van der Waals surface area contributed by atoms with E-state index in [1.165, 1.54) is 12.1 Å². The second-order valence-corrected chi connectivity index (χ2v) is 5.86. The maximum atomic E-state index is 13.4. The molecule has 0 aromatic heterocycles. The van der Waals surface area contributed by atoms with Gasteiger partial charge in [-0.2, -0.15) is 0 Å². The van der Waals surface area contributed by atoms with Crippen molar-refractivity contribution in [3.05, 3.63) is 69.0 Å². The van der Waals surface area contributed by atoms with Crippen LogP contribution in [-0.4, -0.2) is 6.04 Å². The first-order valence-electron chi connectivity index (χ1n) is 6.65. The summed E-state index contributed by atoms with van der Waals surface area (Å²) in [6, 6.07) is 10.1. The average Bonchev–Trinajstić information content (AvgIpc) is 2.45. The van der Waals surface area contributed by atoms with Crippen LogP contribution in [0.5, 0.6) is 0 Å². The lowest BCUT2D eigenvalue weighted by Gasteiger charge is -2.19. The van der Waals surface area contributed by atoms with Gasteiger partial charge in [0, 0.05) is 16.1 Å². The number of nitrogens with two attached hydrogens (primary N) is 1. The Labute approximate surface area is 134 Å². The third kappa shape index (κ3) is 4.17. The topological polar surface area (TPSA) is 38.0 Å². The molecule has 0 aliphatic rings.